The van der Waals surface area contributed by atoms with Crippen LogP contribution in [0, 0.1) is 0 Å². The summed E-state index contributed by atoms with van der Waals surface area (Å²) in [6.45, 7) is 0.497. The Labute approximate surface area is 192 Å². The molecule has 0 atom stereocenters. The van der Waals surface area contributed by atoms with E-state index >= 15 is 0 Å². The molecule has 3 aromatic carbocycles. The van der Waals surface area contributed by atoms with Crippen LogP contribution < -0.4 is 9.46 Å². The predicted octanol–water partition coefficient (Wildman–Crippen LogP) is 3.90. The quantitative estimate of drug-likeness (QED) is 0.563. The van der Waals surface area contributed by atoms with Gasteiger partial charge in [0.1, 0.15) is 5.75 Å². The van der Waals surface area contributed by atoms with Crippen LogP contribution >= 0.6 is 11.6 Å². The molecule has 1 aliphatic heterocycles. The fourth-order valence-electron chi connectivity index (χ4n) is 3.52. The van der Waals surface area contributed by atoms with Crippen molar-refractivity contribution in [2.45, 2.75) is 22.8 Å². The molecule has 0 aromatic heterocycles. The zero-order chi connectivity index (χ0) is 22.9. The second-order valence-electron chi connectivity index (χ2n) is 7.31. The van der Waals surface area contributed by atoms with Crippen LogP contribution in [0.15, 0.2) is 76.5 Å². The van der Waals surface area contributed by atoms with Crippen molar-refractivity contribution in [2.75, 3.05) is 18.4 Å². The van der Waals surface area contributed by atoms with Gasteiger partial charge < -0.3 is 4.74 Å². The van der Waals surface area contributed by atoms with E-state index in [1.165, 1.54) is 47.8 Å². The molecule has 3 aromatic rings. The molecule has 0 saturated heterocycles. The van der Waals surface area contributed by atoms with Crippen molar-refractivity contribution < 1.29 is 21.6 Å². The zero-order valence-electron chi connectivity index (χ0n) is 17.2. The first-order valence-corrected chi connectivity index (χ1v) is 13.0. The molecule has 10 heteroatoms. The summed E-state index contributed by atoms with van der Waals surface area (Å²) in [6, 6.07) is 17.3. The van der Waals surface area contributed by atoms with Crippen molar-refractivity contribution in [1.82, 2.24) is 4.31 Å². The molecule has 1 aliphatic rings. The number of anilines is 1. The van der Waals surface area contributed by atoms with Gasteiger partial charge in [-0.1, -0.05) is 17.7 Å². The Bertz CT molecular complexity index is 1340. The van der Waals surface area contributed by atoms with Crippen LogP contribution in [0.4, 0.5) is 5.69 Å². The number of rotatable bonds is 6. The standard InChI is InChI=1S/C22H21ClN2O5S2/c1-30-20-6-10-22(11-7-20)32(28,29)25-13-12-16-2-5-19(14-17(16)15-25)24-31(26,27)21-8-3-18(23)4-9-21/h2-11,14,24H,12-13,15H2,1H3. The van der Waals surface area contributed by atoms with Gasteiger partial charge in [0, 0.05) is 23.8 Å². The smallest absolute Gasteiger partial charge is 0.261 e. The highest BCUT2D eigenvalue weighted by Gasteiger charge is 2.28. The number of hydrogen-bond acceptors (Lipinski definition) is 5. The number of fused-ring (bicyclic) bond motifs is 1. The normalized spacial score (nSPS) is 14.6. The van der Waals surface area contributed by atoms with E-state index in [4.69, 9.17) is 16.3 Å². The van der Waals surface area contributed by atoms with Gasteiger partial charge in [0.2, 0.25) is 10.0 Å². The molecular formula is C22H21ClN2O5S2. The van der Waals surface area contributed by atoms with Crippen molar-refractivity contribution in [3.8, 4) is 5.75 Å². The molecule has 1 N–H and O–H groups in total. The fourth-order valence-corrected chi connectivity index (χ4v) is 6.12. The molecule has 0 aliphatic carbocycles. The van der Waals surface area contributed by atoms with E-state index in [9.17, 15) is 16.8 Å². The number of nitrogens with one attached hydrogen (secondary N) is 1. The lowest BCUT2D eigenvalue weighted by Gasteiger charge is -2.28. The topological polar surface area (TPSA) is 92.8 Å². The molecule has 7 nitrogen and oxygen atoms in total. The Kier molecular flexibility index (Phi) is 6.17. The summed E-state index contributed by atoms with van der Waals surface area (Å²) in [7, 11) is -5.98. The van der Waals surface area contributed by atoms with Crippen molar-refractivity contribution in [1.29, 1.82) is 0 Å². The summed E-state index contributed by atoms with van der Waals surface area (Å²) in [4.78, 5) is 0.268. The molecule has 0 bridgehead atoms. The Morgan fingerprint density at radius 1 is 0.875 bits per heavy atom. The van der Waals surface area contributed by atoms with Crippen LogP contribution in [-0.4, -0.2) is 34.8 Å². The number of nitrogens with zero attached hydrogens (tertiary/aromatic N) is 1. The van der Waals surface area contributed by atoms with Crippen LogP contribution in [0.2, 0.25) is 5.02 Å². The van der Waals surface area contributed by atoms with Gasteiger partial charge >= 0.3 is 0 Å². The summed E-state index contributed by atoms with van der Waals surface area (Å²) in [5.74, 6) is 0.575. The highest BCUT2D eigenvalue weighted by atomic mass is 35.5. The van der Waals surface area contributed by atoms with E-state index in [0.29, 0.717) is 29.4 Å². The first-order valence-electron chi connectivity index (χ1n) is 9.73. The van der Waals surface area contributed by atoms with E-state index in [-0.39, 0.29) is 16.3 Å². The molecule has 168 valence electrons. The number of sulfonamides is 2. The summed E-state index contributed by atoms with van der Waals surface area (Å²) < 4.78 is 60.6. The van der Waals surface area contributed by atoms with Gasteiger partial charge in [-0.2, -0.15) is 4.31 Å². The summed E-state index contributed by atoms with van der Waals surface area (Å²) in [6.07, 6.45) is 0.537. The highest BCUT2D eigenvalue weighted by Crippen LogP contribution is 2.28. The van der Waals surface area contributed by atoms with E-state index in [1.54, 1.807) is 24.3 Å². The minimum atomic E-state index is -3.80. The first-order chi connectivity index (χ1) is 15.2. The number of hydrogen-bond donors (Lipinski definition) is 1. The Hall–Kier alpha value is -2.59. The van der Waals surface area contributed by atoms with Crippen molar-refractivity contribution >= 4 is 37.3 Å². The lowest BCUT2D eigenvalue weighted by atomic mass is 10.0. The van der Waals surface area contributed by atoms with E-state index in [1.807, 2.05) is 6.07 Å². The molecule has 4 rings (SSSR count). The largest absolute Gasteiger partial charge is 0.497 e. The summed E-state index contributed by atoms with van der Waals surface area (Å²) in [5, 5.41) is 0.441. The maximum Gasteiger partial charge on any atom is 0.261 e. The highest BCUT2D eigenvalue weighted by molar-refractivity contribution is 7.92. The van der Waals surface area contributed by atoms with E-state index < -0.39 is 20.0 Å². The lowest BCUT2D eigenvalue weighted by molar-refractivity contribution is 0.391. The van der Waals surface area contributed by atoms with Gasteiger partial charge in [-0.05, 0) is 78.2 Å². The number of methoxy groups -OCH3 is 1. The van der Waals surface area contributed by atoms with E-state index in [2.05, 4.69) is 4.72 Å². The maximum atomic E-state index is 13.1. The van der Waals surface area contributed by atoms with Gasteiger partial charge in [-0.25, -0.2) is 16.8 Å². The minimum absolute atomic E-state index is 0.0864. The van der Waals surface area contributed by atoms with Crippen molar-refractivity contribution in [3.05, 3.63) is 82.9 Å². The van der Waals surface area contributed by atoms with Crippen LogP contribution in [-0.2, 0) is 33.0 Å². The van der Waals surface area contributed by atoms with Crippen LogP contribution in [0.1, 0.15) is 11.1 Å². The van der Waals surface area contributed by atoms with Crippen LogP contribution in [0.3, 0.4) is 0 Å². The first kappa shape index (κ1) is 22.6. The Morgan fingerprint density at radius 2 is 1.53 bits per heavy atom. The van der Waals surface area contributed by atoms with Gasteiger partial charge in [0.15, 0.2) is 0 Å². The van der Waals surface area contributed by atoms with Crippen LogP contribution in [0.5, 0.6) is 5.75 Å². The zero-order valence-corrected chi connectivity index (χ0v) is 19.5. The molecule has 0 radical (unpaired) electrons. The van der Waals surface area contributed by atoms with Crippen molar-refractivity contribution in [2.24, 2.45) is 0 Å². The molecular weight excluding hydrogens is 472 g/mol. The lowest BCUT2D eigenvalue weighted by Crippen LogP contribution is -2.36. The van der Waals surface area contributed by atoms with Gasteiger partial charge in [0.05, 0.1) is 16.9 Å². The molecule has 1 heterocycles. The molecule has 0 fully saturated rings. The van der Waals surface area contributed by atoms with Gasteiger partial charge in [0.25, 0.3) is 10.0 Å². The summed E-state index contributed by atoms with van der Waals surface area (Å²) in [5.41, 5.74) is 2.10. The molecule has 0 unspecified atom stereocenters. The molecule has 0 amide bonds. The molecule has 32 heavy (non-hydrogen) atoms. The number of benzene rings is 3. The molecule has 0 spiro atoms. The van der Waals surface area contributed by atoms with E-state index in [0.717, 1.165) is 11.1 Å². The maximum absolute atomic E-state index is 13.1. The van der Waals surface area contributed by atoms with Gasteiger partial charge in [-0.15, -0.1) is 0 Å². The average molecular weight is 493 g/mol. The number of ether oxygens (including phenoxy) is 1. The summed E-state index contributed by atoms with van der Waals surface area (Å²) >= 11 is 5.84. The molecule has 0 saturated carbocycles. The SMILES string of the molecule is COc1ccc(S(=O)(=O)N2CCc3ccc(NS(=O)(=O)c4ccc(Cl)cc4)cc3C2)cc1. The third kappa shape index (κ3) is 4.61. The number of halogens is 1. The monoisotopic (exact) mass is 492 g/mol. The predicted molar refractivity (Wildman–Crippen MR) is 123 cm³/mol. The fraction of sp³-hybridized carbons (Fsp3) is 0.182. The third-order valence-corrected chi connectivity index (χ3v) is 8.77. The average Bonchev–Trinajstić information content (AvgIpc) is 2.78. The van der Waals surface area contributed by atoms with Crippen LogP contribution in [0.25, 0.3) is 0 Å². The third-order valence-electron chi connectivity index (χ3n) is 5.26. The minimum Gasteiger partial charge on any atom is -0.497 e. The van der Waals surface area contributed by atoms with Gasteiger partial charge in [-0.3, -0.25) is 4.72 Å². The van der Waals surface area contributed by atoms with Crippen molar-refractivity contribution in [3.63, 3.8) is 0 Å². The Morgan fingerprint density at radius 3 is 2.19 bits per heavy atom. The second-order valence-corrected chi connectivity index (χ2v) is 11.4. The Balaban J connectivity index is 1.57. The second kappa shape index (κ2) is 8.74.